The SMILES string of the molecule is COc1cc(OC)cc(S(=O)(=O)NCC2CCCN2)c1.Cl. The lowest BCUT2D eigenvalue weighted by Gasteiger charge is -2.13. The van der Waals surface area contributed by atoms with Crippen LogP contribution in [0.4, 0.5) is 0 Å². The Morgan fingerprint density at radius 3 is 2.33 bits per heavy atom. The van der Waals surface area contributed by atoms with Crippen molar-refractivity contribution in [3.05, 3.63) is 18.2 Å². The number of sulfonamides is 1. The topological polar surface area (TPSA) is 76.7 Å². The van der Waals surface area contributed by atoms with Crippen molar-refractivity contribution in [1.29, 1.82) is 0 Å². The predicted octanol–water partition coefficient (Wildman–Crippen LogP) is 1.16. The van der Waals surface area contributed by atoms with Crippen LogP contribution in [0, 0.1) is 0 Å². The van der Waals surface area contributed by atoms with E-state index in [-0.39, 0.29) is 23.3 Å². The van der Waals surface area contributed by atoms with Crippen LogP contribution >= 0.6 is 12.4 Å². The molecule has 0 spiro atoms. The van der Waals surface area contributed by atoms with Crippen LogP contribution in [0.1, 0.15) is 12.8 Å². The van der Waals surface area contributed by atoms with Gasteiger partial charge in [0.2, 0.25) is 10.0 Å². The van der Waals surface area contributed by atoms with Crippen LogP contribution in [0.15, 0.2) is 23.1 Å². The maximum absolute atomic E-state index is 12.3. The Morgan fingerprint density at radius 1 is 1.24 bits per heavy atom. The van der Waals surface area contributed by atoms with Crippen molar-refractivity contribution in [2.75, 3.05) is 27.3 Å². The van der Waals surface area contributed by atoms with Crippen molar-refractivity contribution in [3.63, 3.8) is 0 Å². The average Bonchev–Trinajstić information content (AvgIpc) is 2.98. The third-order valence-electron chi connectivity index (χ3n) is 3.32. The third-order valence-corrected chi connectivity index (χ3v) is 4.72. The van der Waals surface area contributed by atoms with Crippen molar-refractivity contribution >= 4 is 22.4 Å². The maximum atomic E-state index is 12.3. The standard InChI is InChI=1S/C13H20N2O4S.ClH/c1-18-11-6-12(19-2)8-13(7-11)20(16,17)15-9-10-4-3-5-14-10;/h6-8,10,14-15H,3-5,9H2,1-2H3;1H. The van der Waals surface area contributed by atoms with Gasteiger partial charge in [-0.1, -0.05) is 0 Å². The molecule has 1 aliphatic heterocycles. The summed E-state index contributed by atoms with van der Waals surface area (Å²) in [6, 6.07) is 4.80. The lowest BCUT2D eigenvalue weighted by molar-refractivity contribution is 0.392. The van der Waals surface area contributed by atoms with Gasteiger partial charge >= 0.3 is 0 Å². The van der Waals surface area contributed by atoms with E-state index in [1.54, 1.807) is 6.07 Å². The zero-order valence-electron chi connectivity index (χ0n) is 12.1. The Bertz CT molecular complexity index is 537. The summed E-state index contributed by atoms with van der Waals surface area (Å²) in [7, 11) is -0.589. The van der Waals surface area contributed by atoms with E-state index in [4.69, 9.17) is 9.47 Å². The lowest BCUT2D eigenvalue weighted by atomic mass is 10.2. The molecular formula is C13H21ClN2O4S. The molecule has 8 heteroatoms. The van der Waals surface area contributed by atoms with Crippen LogP contribution in [-0.4, -0.2) is 41.8 Å². The highest BCUT2D eigenvalue weighted by atomic mass is 35.5. The van der Waals surface area contributed by atoms with Crippen molar-refractivity contribution in [3.8, 4) is 11.5 Å². The van der Waals surface area contributed by atoms with Crippen LogP contribution in [0.2, 0.25) is 0 Å². The second-order valence-electron chi connectivity index (χ2n) is 4.69. The normalized spacial score (nSPS) is 18.1. The fourth-order valence-corrected chi connectivity index (χ4v) is 3.29. The summed E-state index contributed by atoms with van der Waals surface area (Å²) in [6.45, 7) is 1.33. The van der Waals surface area contributed by atoms with Gasteiger partial charge in [-0.3, -0.25) is 0 Å². The molecule has 1 aromatic carbocycles. The van der Waals surface area contributed by atoms with Crippen molar-refractivity contribution in [2.45, 2.75) is 23.8 Å². The van der Waals surface area contributed by atoms with Gasteiger partial charge in [-0.05, 0) is 19.4 Å². The van der Waals surface area contributed by atoms with Crippen LogP contribution < -0.4 is 19.5 Å². The van der Waals surface area contributed by atoms with Gasteiger partial charge in [0.1, 0.15) is 11.5 Å². The largest absolute Gasteiger partial charge is 0.497 e. The number of benzene rings is 1. The predicted molar refractivity (Wildman–Crippen MR) is 83.0 cm³/mol. The zero-order valence-corrected chi connectivity index (χ0v) is 13.7. The number of hydrogen-bond acceptors (Lipinski definition) is 5. The summed E-state index contributed by atoms with van der Waals surface area (Å²) in [4.78, 5) is 0.145. The molecule has 1 aliphatic rings. The lowest BCUT2D eigenvalue weighted by Crippen LogP contribution is -2.37. The van der Waals surface area contributed by atoms with Gasteiger partial charge in [-0.25, -0.2) is 13.1 Å². The van der Waals surface area contributed by atoms with Crippen LogP contribution in [0.5, 0.6) is 11.5 Å². The monoisotopic (exact) mass is 336 g/mol. The number of ether oxygens (including phenoxy) is 2. The van der Waals surface area contributed by atoms with E-state index in [0.29, 0.717) is 18.0 Å². The van der Waals surface area contributed by atoms with E-state index in [1.165, 1.54) is 26.4 Å². The molecule has 21 heavy (non-hydrogen) atoms. The van der Waals surface area contributed by atoms with Gasteiger partial charge in [-0.15, -0.1) is 12.4 Å². The molecule has 6 nitrogen and oxygen atoms in total. The molecule has 1 heterocycles. The van der Waals surface area contributed by atoms with E-state index in [0.717, 1.165) is 19.4 Å². The number of rotatable bonds is 6. The molecule has 2 N–H and O–H groups in total. The first-order chi connectivity index (χ1) is 9.55. The minimum absolute atomic E-state index is 0. The van der Waals surface area contributed by atoms with Gasteiger partial charge in [0.25, 0.3) is 0 Å². The van der Waals surface area contributed by atoms with Gasteiger partial charge < -0.3 is 14.8 Å². The molecule has 0 aromatic heterocycles. The second-order valence-corrected chi connectivity index (χ2v) is 6.46. The molecule has 1 aromatic rings. The molecule has 0 aliphatic carbocycles. The Labute approximate surface area is 131 Å². The Kier molecular flexibility index (Phi) is 6.73. The van der Waals surface area contributed by atoms with Crippen LogP contribution in [0.25, 0.3) is 0 Å². The minimum Gasteiger partial charge on any atom is -0.497 e. The Morgan fingerprint density at radius 2 is 1.86 bits per heavy atom. The highest BCUT2D eigenvalue weighted by Crippen LogP contribution is 2.25. The number of methoxy groups -OCH3 is 2. The summed E-state index contributed by atoms with van der Waals surface area (Å²) < 4.78 is 37.3. The van der Waals surface area contributed by atoms with E-state index < -0.39 is 10.0 Å². The van der Waals surface area contributed by atoms with Crippen LogP contribution in [-0.2, 0) is 10.0 Å². The highest BCUT2D eigenvalue weighted by Gasteiger charge is 2.20. The molecular weight excluding hydrogens is 316 g/mol. The fraction of sp³-hybridized carbons (Fsp3) is 0.538. The molecule has 1 fully saturated rings. The third kappa shape index (κ3) is 4.74. The minimum atomic E-state index is -3.56. The van der Waals surface area contributed by atoms with Crippen LogP contribution in [0.3, 0.4) is 0 Å². The van der Waals surface area contributed by atoms with Gasteiger partial charge in [0.15, 0.2) is 0 Å². The molecule has 0 amide bonds. The highest BCUT2D eigenvalue weighted by molar-refractivity contribution is 7.89. The van der Waals surface area contributed by atoms with Crippen molar-refractivity contribution in [2.24, 2.45) is 0 Å². The second kappa shape index (κ2) is 7.84. The van der Waals surface area contributed by atoms with Gasteiger partial charge in [0, 0.05) is 30.8 Å². The van der Waals surface area contributed by atoms with E-state index in [1.807, 2.05) is 0 Å². The zero-order chi connectivity index (χ0) is 14.6. The summed E-state index contributed by atoms with van der Waals surface area (Å²) in [5.74, 6) is 0.896. The summed E-state index contributed by atoms with van der Waals surface area (Å²) in [6.07, 6.45) is 2.07. The smallest absolute Gasteiger partial charge is 0.240 e. The quantitative estimate of drug-likeness (QED) is 0.815. The number of nitrogens with one attached hydrogen (secondary N) is 2. The molecule has 120 valence electrons. The first-order valence-corrected chi connectivity index (χ1v) is 7.99. The van der Waals surface area contributed by atoms with Gasteiger partial charge in [0.05, 0.1) is 19.1 Å². The van der Waals surface area contributed by atoms with E-state index in [2.05, 4.69) is 10.0 Å². The summed E-state index contributed by atoms with van der Waals surface area (Å²) >= 11 is 0. The maximum Gasteiger partial charge on any atom is 0.240 e. The molecule has 1 saturated heterocycles. The molecule has 0 radical (unpaired) electrons. The first-order valence-electron chi connectivity index (χ1n) is 6.51. The average molecular weight is 337 g/mol. The van der Waals surface area contributed by atoms with Crippen molar-refractivity contribution in [1.82, 2.24) is 10.0 Å². The Hall–Kier alpha value is -1.02. The summed E-state index contributed by atoms with van der Waals surface area (Å²) in [5, 5.41) is 3.25. The summed E-state index contributed by atoms with van der Waals surface area (Å²) in [5.41, 5.74) is 0. The molecule has 2 rings (SSSR count). The molecule has 0 saturated carbocycles. The number of hydrogen-bond donors (Lipinski definition) is 2. The van der Waals surface area contributed by atoms with Crippen molar-refractivity contribution < 1.29 is 17.9 Å². The Balaban J connectivity index is 0.00000220. The first kappa shape index (κ1) is 18.0. The van der Waals surface area contributed by atoms with E-state index >= 15 is 0 Å². The van der Waals surface area contributed by atoms with E-state index in [9.17, 15) is 8.42 Å². The molecule has 1 atom stereocenters. The molecule has 0 bridgehead atoms. The molecule has 1 unspecified atom stereocenters. The van der Waals surface area contributed by atoms with Gasteiger partial charge in [-0.2, -0.15) is 0 Å². The fourth-order valence-electron chi connectivity index (χ4n) is 2.16. The number of halogens is 1.